The van der Waals surface area contributed by atoms with Crippen LogP contribution in [0.15, 0.2) is 11.7 Å². The molecule has 0 radical (unpaired) electrons. The third-order valence-electron chi connectivity index (χ3n) is 4.02. The molecule has 0 aliphatic carbocycles. The second-order valence-electron chi connectivity index (χ2n) is 5.63. The maximum absolute atomic E-state index is 12.3. The molecule has 1 aliphatic rings. The summed E-state index contributed by atoms with van der Waals surface area (Å²) in [5, 5.41) is 4.35. The van der Waals surface area contributed by atoms with Crippen LogP contribution in [0.5, 0.6) is 0 Å². The standard InChI is InChI=1S/C15H18F2N4OS/c1-9-7-23-13-12(9)19-8-20-14(13)21-5-3-2-4-10(21)15(22)18-6-11(16)17/h7-8,10-11H,2-6H2,1H3,(H,18,22)/t10-/m0/s1. The van der Waals surface area contributed by atoms with Gasteiger partial charge in [-0.1, -0.05) is 0 Å². The summed E-state index contributed by atoms with van der Waals surface area (Å²) in [4.78, 5) is 22.9. The monoisotopic (exact) mass is 340 g/mol. The Hall–Kier alpha value is -1.83. The van der Waals surface area contributed by atoms with Gasteiger partial charge in [0.25, 0.3) is 6.43 Å². The molecule has 1 fully saturated rings. The molecule has 0 aromatic carbocycles. The highest BCUT2D eigenvalue weighted by atomic mass is 32.1. The average molecular weight is 340 g/mol. The normalized spacial score (nSPS) is 18.6. The van der Waals surface area contributed by atoms with Crippen molar-refractivity contribution in [3.63, 3.8) is 0 Å². The summed E-state index contributed by atoms with van der Waals surface area (Å²) in [5.74, 6) is 0.370. The van der Waals surface area contributed by atoms with Gasteiger partial charge in [0, 0.05) is 6.54 Å². The highest BCUT2D eigenvalue weighted by molar-refractivity contribution is 7.18. The first kappa shape index (κ1) is 16.0. The number of carbonyl (C=O) groups excluding carboxylic acids is 1. The molecule has 1 atom stereocenters. The van der Waals surface area contributed by atoms with Crippen molar-refractivity contribution in [1.29, 1.82) is 0 Å². The number of anilines is 1. The molecule has 3 heterocycles. The van der Waals surface area contributed by atoms with Gasteiger partial charge in [0.15, 0.2) is 5.82 Å². The second-order valence-corrected chi connectivity index (χ2v) is 6.51. The number of aryl methyl sites for hydroxylation is 1. The van der Waals surface area contributed by atoms with Crippen LogP contribution < -0.4 is 10.2 Å². The lowest BCUT2D eigenvalue weighted by atomic mass is 10.0. The van der Waals surface area contributed by atoms with Crippen molar-refractivity contribution in [3.05, 3.63) is 17.3 Å². The molecule has 23 heavy (non-hydrogen) atoms. The number of amides is 1. The number of thiophene rings is 1. The first-order chi connectivity index (χ1) is 11.1. The average Bonchev–Trinajstić information content (AvgIpc) is 2.94. The smallest absolute Gasteiger partial charge is 0.255 e. The summed E-state index contributed by atoms with van der Waals surface area (Å²) >= 11 is 1.55. The molecule has 0 unspecified atom stereocenters. The largest absolute Gasteiger partial charge is 0.349 e. The van der Waals surface area contributed by atoms with Gasteiger partial charge >= 0.3 is 0 Å². The number of aromatic nitrogens is 2. The number of halogens is 2. The number of fused-ring (bicyclic) bond motifs is 1. The molecule has 124 valence electrons. The van der Waals surface area contributed by atoms with E-state index in [9.17, 15) is 13.6 Å². The number of hydrogen-bond acceptors (Lipinski definition) is 5. The predicted octanol–water partition coefficient (Wildman–Crippen LogP) is 2.74. The minimum absolute atomic E-state index is 0.356. The Bertz CT molecular complexity index is 706. The van der Waals surface area contributed by atoms with E-state index in [1.165, 1.54) is 6.33 Å². The molecule has 1 aliphatic heterocycles. The van der Waals surface area contributed by atoms with Gasteiger partial charge in [-0.3, -0.25) is 4.79 Å². The summed E-state index contributed by atoms with van der Waals surface area (Å²) in [7, 11) is 0. The van der Waals surface area contributed by atoms with Crippen LogP contribution in [0.3, 0.4) is 0 Å². The van der Waals surface area contributed by atoms with Gasteiger partial charge in [0.2, 0.25) is 5.91 Å². The lowest BCUT2D eigenvalue weighted by Crippen LogP contribution is -2.50. The number of carbonyl (C=O) groups is 1. The van der Waals surface area contributed by atoms with Crippen LogP contribution in [0.2, 0.25) is 0 Å². The molecule has 5 nitrogen and oxygen atoms in total. The zero-order valence-corrected chi connectivity index (χ0v) is 13.6. The number of nitrogens with zero attached hydrogens (tertiary/aromatic N) is 3. The van der Waals surface area contributed by atoms with E-state index >= 15 is 0 Å². The molecular weight excluding hydrogens is 322 g/mol. The Morgan fingerprint density at radius 1 is 1.48 bits per heavy atom. The number of nitrogens with one attached hydrogen (secondary N) is 1. The summed E-state index contributed by atoms with van der Waals surface area (Å²) in [5.41, 5.74) is 1.96. The van der Waals surface area contributed by atoms with Crippen LogP contribution in [0.25, 0.3) is 10.2 Å². The maximum atomic E-state index is 12.3. The fourth-order valence-electron chi connectivity index (χ4n) is 2.91. The Balaban J connectivity index is 1.90. The van der Waals surface area contributed by atoms with Crippen LogP contribution in [0, 0.1) is 6.92 Å². The van der Waals surface area contributed by atoms with E-state index in [2.05, 4.69) is 15.3 Å². The summed E-state index contributed by atoms with van der Waals surface area (Å²) in [6, 6.07) is -0.456. The molecule has 3 rings (SSSR count). The summed E-state index contributed by atoms with van der Waals surface area (Å²) < 4.78 is 25.6. The molecule has 2 aromatic rings. The van der Waals surface area contributed by atoms with E-state index in [1.807, 2.05) is 17.2 Å². The van der Waals surface area contributed by atoms with E-state index in [0.717, 1.165) is 34.4 Å². The molecular formula is C15H18F2N4OS. The van der Waals surface area contributed by atoms with Crippen LogP contribution in [0.1, 0.15) is 24.8 Å². The first-order valence-corrected chi connectivity index (χ1v) is 8.47. The van der Waals surface area contributed by atoms with Crippen LogP contribution in [0.4, 0.5) is 14.6 Å². The molecule has 2 aromatic heterocycles. The van der Waals surface area contributed by atoms with Crippen LogP contribution in [-0.4, -0.2) is 41.4 Å². The van der Waals surface area contributed by atoms with Gasteiger partial charge in [-0.05, 0) is 37.1 Å². The first-order valence-electron chi connectivity index (χ1n) is 7.59. The molecule has 1 N–H and O–H groups in total. The number of rotatable bonds is 4. The third kappa shape index (κ3) is 3.26. The Morgan fingerprint density at radius 2 is 2.30 bits per heavy atom. The van der Waals surface area contributed by atoms with Crippen molar-refractivity contribution >= 4 is 33.3 Å². The molecule has 0 saturated carbocycles. The number of alkyl halides is 2. The van der Waals surface area contributed by atoms with Gasteiger partial charge in [-0.2, -0.15) is 0 Å². The Morgan fingerprint density at radius 3 is 3.09 bits per heavy atom. The van der Waals surface area contributed by atoms with E-state index in [1.54, 1.807) is 11.3 Å². The number of piperidine rings is 1. The predicted molar refractivity (Wildman–Crippen MR) is 86.2 cm³/mol. The molecule has 0 spiro atoms. The fourth-order valence-corrected chi connectivity index (χ4v) is 3.92. The second kappa shape index (κ2) is 6.74. The van der Waals surface area contributed by atoms with Crippen molar-refractivity contribution in [2.24, 2.45) is 0 Å². The van der Waals surface area contributed by atoms with Gasteiger partial charge in [0.05, 0.1) is 16.8 Å². The highest BCUT2D eigenvalue weighted by Gasteiger charge is 2.31. The van der Waals surface area contributed by atoms with E-state index in [-0.39, 0.29) is 5.91 Å². The van der Waals surface area contributed by atoms with Gasteiger partial charge < -0.3 is 10.2 Å². The highest BCUT2D eigenvalue weighted by Crippen LogP contribution is 2.33. The third-order valence-corrected chi connectivity index (χ3v) is 5.10. The minimum atomic E-state index is -2.54. The minimum Gasteiger partial charge on any atom is -0.349 e. The van der Waals surface area contributed by atoms with Crippen molar-refractivity contribution in [2.75, 3.05) is 18.0 Å². The van der Waals surface area contributed by atoms with Crippen molar-refractivity contribution in [2.45, 2.75) is 38.7 Å². The lowest BCUT2D eigenvalue weighted by Gasteiger charge is -2.35. The Labute approximate surface area is 136 Å². The molecule has 1 amide bonds. The molecule has 8 heteroatoms. The quantitative estimate of drug-likeness (QED) is 0.930. The van der Waals surface area contributed by atoms with E-state index in [4.69, 9.17) is 0 Å². The molecule has 0 bridgehead atoms. The summed E-state index contributed by atoms with van der Waals surface area (Å²) in [6.07, 6.45) is 1.46. The van der Waals surface area contributed by atoms with E-state index < -0.39 is 19.0 Å². The van der Waals surface area contributed by atoms with Crippen molar-refractivity contribution in [3.8, 4) is 0 Å². The summed E-state index contributed by atoms with van der Waals surface area (Å²) in [6.45, 7) is 2.06. The topological polar surface area (TPSA) is 58.1 Å². The molecule has 1 saturated heterocycles. The maximum Gasteiger partial charge on any atom is 0.255 e. The van der Waals surface area contributed by atoms with Crippen molar-refractivity contribution in [1.82, 2.24) is 15.3 Å². The van der Waals surface area contributed by atoms with Crippen LogP contribution >= 0.6 is 11.3 Å². The zero-order valence-electron chi connectivity index (χ0n) is 12.8. The fraction of sp³-hybridized carbons (Fsp3) is 0.533. The Kier molecular flexibility index (Phi) is 4.70. The zero-order chi connectivity index (χ0) is 16.4. The lowest BCUT2D eigenvalue weighted by molar-refractivity contribution is -0.123. The van der Waals surface area contributed by atoms with E-state index in [0.29, 0.717) is 13.0 Å². The SMILES string of the molecule is Cc1csc2c(N3CCCC[C@H]3C(=O)NCC(F)F)ncnc12. The van der Waals surface area contributed by atoms with Gasteiger partial charge in [-0.25, -0.2) is 18.7 Å². The van der Waals surface area contributed by atoms with Crippen molar-refractivity contribution < 1.29 is 13.6 Å². The van der Waals surface area contributed by atoms with Gasteiger partial charge in [0.1, 0.15) is 12.4 Å². The van der Waals surface area contributed by atoms with Gasteiger partial charge in [-0.15, -0.1) is 11.3 Å². The number of hydrogen-bond donors (Lipinski definition) is 1. The van der Waals surface area contributed by atoms with Crippen LogP contribution in [-0.2, 0) is 4.79 Å².